The van der Waals surface area contributed by atoms with Crippen molar-refractivity contribution in [2.45, 2.75) is 38.2 Å². The van der Waals surface area contributed by atoms with E-state index in [1.165, 1.54) is 18.6 Å². The van der Waals surface area contributed by atoms with E-state index < -0.39 is 11.9 Å². The second kappa shape index (κ2) is 5.67. The highest BCUT2D eigenvalue weighted by atomic mass is 16.5. The standard InChI is InChI=1S/C14H16O4/c15-13(16)11-8-4-5-9-12(11)14(17)18-10-6-2-1-3-7-10/h4-5,8-10H,1-3,6-7H2,(H,15,16). The van der Waals surface area contributed by atoms with E-state index in [0.29, 0.717) is 0 Å². The van der Waals surface area contributed by atoms with Crippen LogP contribution in [-0.4, -0.2) is 23.1 Å². The van der Waals surface area contributed by atoms with Crippen LogP contribution in [-0.2, 0) is 4.74 Å². The summed E-state index contributed by atoms with van der Waals surface area (Å²) in [6, 6.07) is 6.15. The Morgan fingerprint density at radius 2 is 1.67 bits per heavy atom. The fraction of sp³-hybridized carbons (Fsp3) is 0.429. The van der Waals surface area contributed by atoms with Crippen molar-refractivity contribution in [1.29, 1.82) is 0 Å². The van der Waals surface area contributed by atoms with E-state index in [0.717, 1.165) is 25.7 Å². The van der Waals surface area contributed by atoms with Crippen LogP contribution in [0.25, 0.3) is 0 Å². The molecule has 0 unspecified atom stereocenters. The minimum Gasteiger partial charge on any atom is -0.478 e. The molecular formula is C14H16O4. The first-order valence-electron chi connectivity index (χ1n) is 6.22. The Balaban J connectivity index is 2.10. The van der Waals surface area contributed by atoms with Crippen LogP contribution in [0.15, 0.2) is 24.3 Å². The van der Waals surface area contributed by atoms with Crippen molar-refractivity contribution in [3.05, 3.63) is 35.4 Å². The van der Waals surface area contributed by atoms with Crippen molar-refractivity contribution in [2.24, 2.45) is 0 Å². The van der Waals surface area contributed by atoms with Gasteiger partial charge in [0.2, 0.25) is 0 Å². The van der Waals surface area contributed by atoms with E-state index in [2.05, 4.69) is 0 Å². The molecule has 0 heterocycles. The Bertz CT molecular complexity index is 447. The molecule has 1 fully saturated rings. The lowest BCUT2D eigenvalue weighted by Crippen LogP contribution is -2.22. The molecule has 0 aromatic heterocycles. The zero-order chi connectivity index (χ0) is 13.0. The molecule has 0 atom stereocenters. The highest BCUT2D eigenvalue weighted by Gasteiger charge is 2.22. The van der Waals surface area contributed by atoms with Gasteiger partial charge in [0.05, 0.1) is 11.1 Å². The van der Waals surface area contributed by atoms with Crippen molar-refractivity contribution in [2.75, 3.05) is 0 Å². The van der Waals surface area contributed by atoms with E-state index in [9.17, 15) is 9.59 Å². The summed E-state index contributed by atoms with van der Waals surface area (Å²) in [5.41, 5.74) is 0.133. The maximum atomic E-state index is 12.0. The van der Waals surface area contributed by atoms with Crippen LogP contribution in [0.1, 0.15) is 52.8 Å². The van der Waals surface area contributed by atoms with Gasteiger partial charge in [0, 0.05) is 0 Å². The number of carboxylic acid groups (broad SMARTS) is 1. The summed E-state index contributed by atoms with van der Waals surface area (Å²) in [6.45, 7) is 0. The normalized spacial score (nSPS) is 16.2. The minimum absolute atomic E-state index is 0.00157. The Morgan fingerprint density at radius 1 is 1.06 bits per heavy atom. The maximum Gasteiger partial charge on any atom is 0.339 e. The maximum absolute atomic E-state index is 12.0. The number of hydrogen-bond donors (Lipinski definition) is 1. The van der Waals surface area contributed by atoms with Crippen molar-refractivity contribution in [1.82, 2.24) is 0 Å². The number of ether oxygens (including phenoxy) is 1. The van der Waals surface area contributed by atoms with Gasteiger partial charge in [-0.05, 0) is 37.8 Å². The molecule has 0 aliphatic heterocycles. The lowest BCUT2D eigenvalue weighted by atomic mass is 9.97. The monoisotopic (exact) mass is 248 g/mol. The van der Waals surface area contributed by atoms with Crippen molar-refractivity contribution >= 4 is 11.9 Å². The Hall–Kier alpha value is -1.84. The average molecular weight is 248 g/mol. The molecule has 1 aliphatic rings. The number of carbonyl (C=O) groups excluding carboxylic acids is 1. The highest BCUT2D eigenvalue weighted by molar-refractivity contribution is 6.02. The number of carbonyl (C=O) groups is 2. The molecule has 2 rings (SSSR count). The van der Waals surface area contributed by atoms with Gasteiger partial charge in [0.25, 0.3) is 0 Å². The first kappa shape index (κ1) is 12.6. The summed E-state index contributed by atoms with van der Waals surface area (Å²) in [4.78, 5) is 23.0. The predicted octanol–water partition coefficient (Wildman–Crippen LogP) is 2.87. The van der Waals surface area contributed by atoms with Crippen LogP contribution in [0.5, 0.6) is 0 Å². The topological polar surface area (TPSA) is 63.6 Å². The minimum atomic E-state index is -1.11. The first-order chi connectivity index (χ1) is 8.68. The number of hydrogen-bond acceptors (Lipinski definition) is 3. The first-order valence-corrected chi connectivity index (χ1v) is 6.22. The number of carboxylic acids is 1. The molecule has 1 aliphatic carbocycles. The van der Waals surface area contributed by atoms with Crippen LogP contribution in [0.3, 0.4) is 0 Å². The quantitative estimate of drug-likeness (QED) is 0.835. The average Bonchev–Trinajstić information content (AvgIpc) is 2.40. The SMILES string of the molecule is O=C(O)c1ccccc1C(=O)OC1CCCCC1. The molecule has 0 spiro atoms. The van der Waals surface area contributed by atoms with Gasteiger partial charge in [-0.25, -0.2) is 9.59 Å². The molecule has 4 nitrogen and oxygen atoms in total. The number of aromatic carboxylic acids is 1. The van der Waals surface area contributed by atoms with Gasteiger partial charge in [0.15, 0.2) is 0 Å². The number of rotatable bonds is 3. The largest absolute Gasteiger partial charge is 0.478 e. The molecule has 0 bridgehead atoms. The predicted molar refractivity (Wildman–Crippen MR) is 65.7 cm³/mol. The molecular weight excluding hydrogens is 232 g/mol. The van der Waals surface area contributed by atoms with Gasteiger partial charge in [-0.1, -0.05) is 18.6 Å². The van der Waals surface area contributed by atoms with Gasteiger partial charge < -0.3 is 9.84 Å². The third-order valence-corrected chi connectivity index (χ3v) is 3.20. The van der Waals surface area contributed by atoms with Gasteiger partial charge in [-0.15, -0.1) is 0 Å². The van der Waals surface area contributed by atoms with Crippen LogP contribution >= 0.6 is 0 Å². The molecule has 1 aromatic rings. The molecule has 0 amide bonds. The van der Waals surface area contributed by atoms with E-state index >= 15 is 0 Å². The van der Waals surface area contributed by atoms with E-state index in [-0.39, 0.29) is 17.2 Å². The number of benzene rings is 1. The third-order valence-electron chi connectivity index (χ3n) is 3.20. The lowest BCUT2D eigenvalue weighted by Gasteiger charge is -2.22. The van der Waals surface area contributed by atoms with E-state index in [1.54, 1.807) is 12.1 Å². The smallest absolute Gasteiger partial charge is 0.339 e. The van der Waals surface area contributed by atoms with E-state index in [4.69, 9.17) is 9.84 Å². The molecule has 1 saturated carbocycles. The molecule has 4 heteroatoms. The van der Waals surface area contributed by atoms with Gasteiger partial charge >= 0.3 is 11.9 Å². The van der Waals surface area contributed by atoms with Crippen LogP contribution in [0.4, 0.5) is 0 Å². The second-order valence-electron chi connectivity index (χ2n) is 4.52. The molecule has 0 saturated heterocycles. The zero-order valence-electron chi connectivity index (χ0n) is 10.1. The van der Waals surface area contributed by atoms with Gasteiger partial charge in [-0.3, -0.25) is 0 Å². The summed E-state index contributed by atoms with van der Waals surface area (Å²) >= 11 is 0. The van der Waals surface area contributed by atoms with Crippen molar-refractivity contribution < 1.29 is 19.4 Å². The van der Waals surface area contributed by atoms with Crippen molar-refractivity contribution in [3.8, 4) is 0 Å². The Morgan fingerprint density at radius 3 is 2.28 bits per heavy atom. The second-order valence-corrected chi connectivity index (χ2v) is 4.52. The Labute approximate surface area is 106 Å². The Kier molecular flexibility index (Phi) is 3.97. The van der Waals surface area contributed by atoms with Crippen LogP contribution < -0.4 is 0 Å². The summed E-state index contributed by atoms with van der Waals surface area (Å²) in [5, 5.41) is 9.01. The van der Waals surface area contributed by atoms with Gasteiger partial charge in [0.1, 0.15) is 6.10 Å². The summed E-state index contributed by atoms with van der Waals surface area (Å²) in [7, 11) is 0. The summed E-state index contributed by atoms with van der Waals surface area (Å²) < 4.78 is 5.37. The van der Waals surface area contributed by atoms with Crippen LogP contribution in [0, 0.1) is 0 Å². The fourth-order valence-electron chi connectivity index (χ4n) is 2.25. The molecule has 0 radical (unpaired) electrons. The van der Waals surface area contributed by atoms with Crippen molar-refractivity contribution in [3.63, 3.8) is 0 Å². The zero-order valence-corrected chi connectivity index (χ0v) is 10.1. The molecule has 1 aromatic carbocycles. The third kappa shape index (κ3) is 2.88. The van der Waals surface area contributed by atoms with E-state index in [1.807, 2.05) is 0 Å². The molecule has 1 N–H and O–H groups in total. The lowest BCUT2D eigenvalue weighted by molar-refractivity contribution is 0.0207. The van der Waals surface area contributed by atoms with Crippen LogP contribution in [0.2, 0.25) is 0 Å². The summed E-state index contributed by atoms with van der Waals surface area (Å²) in [5.74, 6) is -1.63. The highest BCUT2D eigenvalue weighted by Crippen LogP contribution is 2.22. The molecule has 18 heavy (non-hydrogen) atoms. The van der Waals surface area contributed by atoms with Gasteiger partial charge in [-0.2, -0.15) is 0 Å². The fourth-order valence-corrected chi connectivity index (χ4v) is 2.25. The summed E-state index contributed by atoms with van der Waals surface area (Å²) in [6.07, 6.45) is 5.01. The molecule has 96 valence electrons. The number of esters is 1.